The van der Waals surface area contributed by atoms with Gasteiger partial charge in [-0.15, -0.1) is 0 Å². The van der Waals surface area contributed by atoms with Gasteiger partial charge in [-0.2, -0.15) is 0 Å². The third kappa shape index (κ3) is 3.33. The summed E-state index contributed by atoms with van der Waals surface area (Å²) in [6.07, 6.45) is 7.55. The van der Waals surface area contributed by atoms with Crippen molar-refractivity contribution in [1.29, 1.82) is 0 Å². The molecule has 0 atom stereocenters. The van der Waals surface area contributed by atoms with E-state index in [0.29, 0.717) is 0 Å². The number of rotatable bonds is 3. The minimum Gasteiger partial charge on any atom is -0.467 e. The lowest BCUT2D eigenvalue weighted by molar-refractivity contribution is -0.146. The first-order chi connectivity index (χ1) is 9.68. The summed E-state index contributed by atoms with van der Waals surface area (Å²) in [6.45, 7) is 2.07. The van der Waals surface area contributed by atoms with Crippen LogP contribution in [-0.4, -0.2) is 18.6 Å². The minimum absolute atomic E-state index is 0.123. The van der Waals surface area contributed by atoms with Crippen LogP contribution in [0.15, 0.2) is 24.3 Å². The number of anilines is 1. The highest BCUT2D eigenvalue weighted by Gasteiger charge is 2.39. The van der Waals surface area contributed by atoms with Crippen LogP contribution in [-0.2, 0) is 9.53 Å². The van der Waals surface area contributed by atoms with Crippen LogP contribution in [0, 0.1) is 6.92 Å². The van der Waals surface area contributed by atoms with E-state index in [9.17, 15) is 4.79 Å². The molecule has 20 heavy (non-hydrogen) atoms. The predicted octanol–water partition coefficient (Wildman–Crippen LogP) is 4.06. The van der Waals surface area contributed by atoms with Crippen molar-refractivity contribution in [3.05, 3.63) is 29.8 Å². The Morgan fingerprint density at radius 2 is 1.70 bits per heavy atom. The van der Waals surface area contributed by atoms with Crippen molar-refractivity contribution in [1.82, 2.24) is 0 Å². The average molecular weight is 275 g/mol. The molecule has 0 heterocycles. The molecule has 0 radical (unpaired) electrons. The molecule has 0 bridgehead atoms. The van der Waals surface area contributed by atoms with Crippen molar-refractivity contribution in [3.63, 3.8) is 0 Å². The highest BCUT2D eigenvalue weighted by Crippen LogP contribution is 2.32. The summed E-state index contributed by atoms with van der Waals surface area (Å²) in [4.78, 5) is 12.4. The van der Waals surface area contributed by atoms with Gasteiger partial charge in [0.2, 0.25) is 0 Å². The first kappa shape index (κ1) is 14.9. The van der Waals surface area contributed by atoms with Crippen LogP contribution >= 0.6 is 0 Å². The fourth-order valence-electron chi connectivity index (χ4n) is 3.06. The molecular formula is C17H25NO2. The lowest BCUT2D eigenvalue weighted by atomic mass is 9.83. The summed E-state index contributed by atoms with van der Waals surface area (Å²) in [5, 5.41) is 3.51. The van der Waals surface area contributed by atoms with Crippen LogP contribution in [0.3, 0.4) is 0 Å². The Kier molecular flexibility index (Phi) is 5.05. The van der Waals surface area contributed by atoms with Crippen molar-refractivity contribution in [2.24, 2.45) is 0 Å². The molecule has 1 N–H and O–H groups in total. The molecule has 0 aliphatic heterocycles. The van der Waals surface area contributed by atoms with Crippen molar-refractivity contribution < 1.29 is 9.53 Å². The quantitative estimate of drug-likeness (QED) is 0.845. The molecule has 1 aromatic carbocycles. The van der Waals surface area contributed by atoms with E-state index >= 15 is 0 Å². The van der Waals surface area contributed by atoms with E-state index in [0.717, 1.165) is 36.9 Å². The van der Waals surface area contributed by atoms with Gasteiger partial charge in [-0.25, -0.2) is 4.79 Å². The summed E-state index contributed by atoms with van der Waals surface area (Å²) in [5.74, 6) is -0.123. The maximum Gasteiger partial charge on any atom is 0.331 e. The number of carbonyl (C=O) groups excluding carboxylic acids is 1. The fraction of sp³-hybridized carbons (Fsp3) is 0.588. The summed E-state index contributed by atoms with van der Waals surface area (Å²) in [5.41, 5.74) is 1.65. The van der Waals surface area contributed by atoms with Crippen LogP contribution in [0.5, 0.6) is 0 Å². The number of aryl methyl sites for hydroxylation is 1. The van der Waals surface area contributed by atoms with E-state index in [1.54, 1.807) is 0 Å². The van der Waals surface area contributed by atoms with E-state index < -0.39 is 5.54 Å². The Morgan fingerprint density at radius 1 is 1.10 bits per heavy atom. The van der Waals surface area contributed by atoms with Gasteiger partial charge in [0, 0.05) is 5.69 Å². The largest absolute Gasteiger partial charge is 0.467 e. The number of nitrogens with one attached hydrogen (secondary N) is 1. The van der Waals surface area contributed by atoms with Crippen molar-refractivity contribution in [3.8, 4) is 0 Å². The molecular weight excluding hydrogens is 250 g/mol. The van der Waals surface area contributed by atoms with Gasteiger partial charge in [-0.1, -0.05) is 50.3 Å². The van der Waals surface area contributed by atoms with E-state index in [1.807, 2.05) is 18.2 Å². The number of para-hydroxylation sites is 1. The number of hydrogen-bond donors (Lipinski definition) is 1. The smallest absolute Gasteiger partial charge is 0.331 e. The molecule has 0 spiro atoms. The fourth-order valence-corrected chi connectivity index (χ4v) is 3.06. The number of benzene rings is 1. The zero-order valence-corrected chi connectivity index (χ0v) is 12.6. The second kappa shape index (κ2) is 6.78. The molecule has 3 heteroatoms. The monoisotopic (exact) mass is 275 g/mol. The second-order valence-electron chi connectivity index (χ2n) is 5.78. The van der Waals surface area contributed by atoms with Crippen LogP contribution < -0.4 is 5.32 Å². The molecule has 1 fully saturated rings. The van der Waals surface area contributed by atoms with Gasteiger partial charge in [0.25, 0.3) is 0 Å². The molecule has 0 unspecified atom stereocenters. The average Bonchev–Trinajstić information content (AvgIpc) is 2.43. The normalized spacial score (nSPS) is 18.7. The SMILES string of the molecule is COC(=O)C1(Nc2ccccc2C)CCCCCCC1. The Bertz CT molecular complexity index is 448. The highest BCUT2D eigenvalue weighted by atomic mass is 16.5. The minimum atomic E-state index is -0.554. The maximum atomic E-state index is 12.4. The summed E-state index contributed by atoms with van der Waals surface area (Å²) in [7, 11) is 1.49. The van der Waals surface area contributed by atoms with Gasteiger partial charge < -0.3 is 10.1 Å². The van der Waals surface area contributed by atoms with Gasteiger partial charge in [0.15, 0.2) is 0 Å². The summed E-state index contributed by atoms with van der Waals surface area (Å²) < 4.78 is 5.10. The zero-order chi connectivity index (χ0) is 14.4. The zero-order valence-electron chi connectivity index (χ0n) is 12.6. The topological polar surface area (TPSA) is 38.3 Å². The van der Waals surface area contributed by atoms with Gasteiger partial charge in [-0.05, 0) is 31.4 Å². The molecule has 1 aromatic rings. The third-order valence-corrected chi connectivity index (χ3v) is 4.30. The first-order valence-corrected chi connectivity index (χ1v) is 7.60. The molecule has 0 saturated heterocycles. The molecule has 3 nitrogen and oxygen atoms in total. The Hall–Kier alpha value is -1.51. The molecule has 1 saturated carbocycles. The van der Waals surface area contributed by atoms with E-state index in [2.05, 4.69) is 18.3 Å². The lowest BCUT2D eigenvalue weighted by Crippen LogP contribution is -2.47. The summed E-state index contributed by atoms with van der Waals surface area (Å²) >= 11 is 0. The lowest BCUT2D eigenvalue weighted by Gasteiger charge is -2.35. The highest BCUT2D eigenvalue weighted by molar-refractivity contribution is 5.84. The Morgan fingerprint density at radius 3 is 2.30 bits per heavy atom. The number of methoxy groups -OCH3 is 1. The van der Waals surface area contributed by atoms with Crippen molar-refractivity contribution in [2.45, 2.75) is 57.4 Å². The van der Waals surface area contributed by atoms with Crippen LogP contribution in [0.1, 0.15) is 50.5 Å². The number of hydrogen-bond acceptors (Lipinski definition) is 3. The number of esters is 1. The first-order valence-electron chi connectivity index (χ1n) is 7.60. The van der Waals surface area contributed by atoms with Gasteiger partial charge in [-0.3, -0.25) is 0 Å². The molecule has 1 aliphatic rings. The van der Waals surface area contributed by atoms with Gasteiger partial charge in [0.05, 0.1) is 7.11 Å². The van der Waals surface area contributed by atoms with E-state index in [4.69, 9.17) is 4.74 Å². The molecule has 110 valence electrons. The van der Waals surface area contributed by atoms with Crippen LogP contribution in [0.4, 0.5) is 5.69 Å². The maximum absolute atomic E-state index is 12.4. The second-order valence-corrected chi connectivity index (χ2v) is 5.78. The number of ether oxygens (including phenoxy) is 1. The van der Waals surface area contributed by atoms with Crippen molar-refractivity contribution in [2.75, 3.05) is 12.4 Å². The number of carbonyl (C=O) groups is 1. The predicted molar refractivity (Wildman–Crippen MR) is 81.9 cm³/mol. The molecule has 0 aromatic heterocycles. The van der Waals surface area contributed by atoms with Gasteiger partial charge >= 0.3 is 5.97 Å². The van der Waals surface area contributed by atoms with E-state index in [1.165, 1.54) is 26.4 Å². The molecule has 1 aliphatic carbocycles. The molecule has 0 amide bonds. The standard InChI is InChI=1S/C17H25NO2/c1-14-10-6-7-11-15(14)18-17(16(19)20-2)12-8-4-3-5-9-13-17/h6-7,10-11,18H,3-5,8-9,12-13H2,1-2H3. The van der Waals surface area contributed by atoms with Crippen molar-refractivity contribution >= 4 is 11.7 Å². The molecule has 2 rings (SSSR count). The Balaban J connectivity index is 2.26. The van der Waals surface area contributed by atoms with Gasteiger partial charge in [0.1, 0.15) is 5.54 Å². The van der Waals surface area contributed by atoms with Crippen LogP contribution in [0.2, 0.25) is 0 Å². The third-order valence-electron chi connectivity index (χ3n) is 4.30. The van der Waals surface area contributed by atoms with Crippen LogP contribution in [0.25, 0.3) is 0 Å². The van der Waals surface area contributed by atoms with E-state index in [-0.39, 0.29) is 5.97 Å². The Labute approximate surface area is 121 Å². The summed E-state index contributed by atoms with van der Waals surface area (Å²) in [6, 6.07) is 8.13.